The molecular weight excluding hydrogens is 573 g/mol. The maximum atomic E-state index is 11.8. The molecule has 5 heteroatoms. The third kappa shape index (κ3) is 6.44. The summed E-state index contributed by atoms with van der Waals surface area (Å²) in [7, 11) is -2.00. The summed E-state index contributed by atoms with van der Waals surface area (Å²) >= 11 is 2.48. The van der Waals surface area contributed by atoms with Crippen molar-refractivity contribution in [2.24, 2.45) is 11.3 Å². The number of halogens is 1. The average Bonchev–Trinajstić information content (AvgIpc) is 2.70. The molecule has 0 fully saturated rings. The van der Waals surface area contributed by atoms with E-state index >= 15 is 0 Å². The van der Waals surface area contributed by atoms with E-state index in [2.05, 4.69) is 122 Å². The molecule has 2 atom stereocenters. The Labute approximate surface area is 235 Å². The molecule has 0 bridgehead atoms. The monoisotopic (exact) mass is 621 g/mol. The fourth-order valence-electron chi connectivity index (χ4n) is 5.05. The summed E-state index contributed by atoms with van der Waals surface area (Å²) in [6, 6.07) is 8.51. The molecule has 0 amide bonds. The number of pyridine rings is 1. The van der Waals surface area contributed by atoms with Crippen molar-refractivity contribution in [2.75, 3.05) is 0 Å². The summed E-state index contributed by atoms with van der Waals surface area (Å²) in [5.74, 6) is 0.833. The number of aliphatic hydroxyl groups is 1. The van der Waals surface area contributed by atoms with Crippen LogP contribution in [0, 0.1) is 14.9 Å². The second-order valence-corrected chi connectivity index (χ2v) is 19.7. The van der Waals surface area contributed by atoms with E-state index in [9.17, 15) is 5.11 Å². The molecule has 200 valence electrons. The maximum absolute atomic E-state index is 11.8. The second kappa shape index (κ2) is 10.8. The highest BCUT2D eigenvalue weighted by Crippen LogP contribution is 2.50. The normalized spacial score (nSPS) is 19.0. The van der Waals surface area contributed by atoms with Gasteiger partial charge in [-0.1, -0.05) is 86.6 Å². The van der Waals surface area contributed by atoms with Gasteiger partial charge in [-0.25, -0.2) is 0 Å². The maximum Gasteiger partial charge on any atom is 0.192 e. The number of nitrogens with zero attached hydrogens (tertiary/aromatic N) is 1. The topological polar surface area (TPSA) is 42.4 Å². The molecule has 1 aliphatic rings. The van der Waals surface area contributed by atoms with Gasteiger partial charge in [0.05, 0.1) is 11.8 Å². The average molecular weight is 622 g/mol. The minimum Gasteiger partial charge on any atom is -0.410 e. The summed E-state index contributed by atoms with van der Waals surface area (Å²) in [6.07, 6.45) is 2.27. The van der Waals surface area contributed by atoms with Gasteiger partial charge in [-0.15, -0.1) is 0 Å². The van der Waals surface area contributed by atoms with Gasteiger partial charge >= 0.3 is 0 Å². The van der Waals surface area contributed by atoms with Gasteiger partial charge in [0, 0.05) is 20.4 Å². The van der Waals surface area contributed by atoms with Gasteiger partial charge < -0.3 is 9.53 Å². The van der Waals surface area contributed by atoms with Gasteiger partial charge in [0.2, 0.25) is 0 Å². The van der Waals surface area contributed by atoms with Crippen LogP contribution < -0.4 is 0 Å². The van der Waals surface area contributed by atoms with Crippen molar-refractivity contribution in [3.8, 4) is 0 Å². The SMILES string of the molecule is CC(C)Cc1ccc(C(O)c2c(C(C)C)nc3c(c2I)[C@H](O[Si](C)(C)C(C)(C)C)CC(C)(C)C3)cc1. The molecule has 36 heavy (non-hydrogen) atoms. The molecule has 3 rings (SSSR count). The molecule has 1 N–H and O–H groups in total. The molecule has 3 nitrogen and oxygen atoms in total. The van der Waals surface area contributed by atoms with Crippen LogP contribution in [0.15, 0.2) is 24.3 Å². The van der Waals surface area contributed by atoms with Crippen LogP contribution in [-0.2, 0) is 17.3 Å². The van der Waals surface area contributed by atoms with Crippen LogP contribution in [0.5, 0.6) is 0 Å². The lowest BCUT2D eigenvalue weighted by Crippen LogP contribution is -2.44. The molecule has 0 radical (unpaired) electrons. The Morgan fingerprint density at radius 3 is 2.19 bits per heavy atom. The molecule has 1 aromatic carbocycles. The van der Waals surface area contributed by atoms with Crippen molar-refractivity contribution < 1.29 is 9.53 Å². The van der Waals surface area contributed by atoms with Crippen molar-refractivity contribution in [2.45, 2.75) is 118 Å². The van der Waals surface area contributed by atoms with Gasteiger partial charge in [-0.3, -0.25) is 4.98 Å². The summed E-state index contributed by atoms with van der Waals surface area (Å²) in [5.41, 5.74) is 6.72. The van der Waals surface area contributed by atoms with Crippen molar-refractivity contribution in [1.29, 1.82) is 0 Å². The van der Waals surface area contributed by atoms with Crippen LogP contribution in [0.1, 0.15) is 121 Å². The molecule has 0 spiro atoms. The standard InChI is InChI=1S/C31H48INO2Si/c1-19(2)16-21-12-14-22(15-13-21)29(34)26-27(32)25-23(33-28(26)20(3)4)17-31(8,9)18-24(25)35-36(10,11)30(5,6)7/h12-15,19-20,24,29,34H,16-18H2,1-11H3/t24-,29?/m1/s1. The van der Waals surface area contributed by atoms with E-state index in [1.54, 1.807) is 0 Å². The number of hydrogen-bond donors (Lipinski definition) is 1. The molecule has 1 aromatic heterocycles. The Balaban J connectivity index is 2.14. The lowest BCUT2D eigenvalue weighted by atomic mass is 9.74. The minimum absolute atomic E-state index is 0.00428. The van der Waals surface area contributed by atoms with Crippen LogP contribution in [0.25, 0.3) is 0 Å². The molecule has 0 aliphatic heterocycles. The van der Waals surface area contributed by atoms with Crippen molar-refractivity contribution in [3.05, 3.63) is 61.5 Å². The highest BCUT2D eigenvalue weighted by Gasteiger charge is 2.44. The van der Waals surface area contributed by atoms with Crippen LogP contribution in [0.4, 0.5) is 0 Å². The molecule has 2 aromatic rings. The molecule has 0 saturated heterocycles. The van der Waals surface area contributed by atoms with Crippen molar-refractivity contribution in [3.63, 3.8) is 0 Å². The Kier molecular flexibility index (Phi) is 8.92. The van der Waals surface area contributed by atoms with Gasteiger partial charge in [-0.05, 0) is 88.4 Å². The van der Waals surface area contributed by atoms with Crippen molar-refractivity contribution >= 4 is 30.9 Å². The summed E-state index contributed by atoms with van der Waals surface area (Å²) in [4.78, 5) is 5.29. The Hall–Kier alpha value is -0.763. The smallest absolute Gasteiger partial charge is 0.192 e. The van der Waals surface area contributed by atoms with E-state index in [4.69, 9.17) is 9.41 Å². The van der Waals surface area contributed by atoms with Crippen LogP contribution in [0.2, 0.25) is 18.1 Å². The number of hydrogen-bond acceptors (Lipinski definition) is 3. The largest absolute Gasteiger partial charge is 0.410 e. The Morgan fingerprint density at radius 1 is 1.11 bits per heavy atom. The lowest BCUT2D eigenvalue weighted by molar-refractivity contribution is 0.104. The third-order valence-electron chi connectivity index (χ3n) is 8.02. The predicted molar refractivity (Wildman–Crippen MR) is 163 cm³/mol. The molecule has 1 unspecified atom stereocenters. The van der Waals surface area contributed by atoms with E-state index in [0.717, 1.165) is 45.3 Å². The van der Waals surface area contributed by atoms with E-state index in [0.29, 0.717) is 5.92 Å². The van der Waals surface area contributed by atoms with E-state index in [1.165, 1.54) is 11.1 Å². The summed E-state index contributed by atoms with van der Waals surface area (Å²) in [6.45, 7) is 25.1. The predicted octanol–water partition coefficient (Wildman–Crippen LogP) is 9.13. The van der Waals surface area contributed by atoms with Gasteiger partial charge in [0.15, 0.2) is 8.32 Å². The highest BCUT2D eigenvalue weighted by atomic mass is 127. The zero-order valence-electron chi connectivity index (χ0n) is 24.4. The van der Waals surface area contributed by atoms with Gasteiger partial charge in [-0.2, -0.15) is 0 Å². The summed E-state index contributed by atoms with van der Waals surface area (Å²) in [5, 5.41) is 11.9. The molecule has 0 saturated carbocycles. The zero-order valence-corrected chi connectivity index (χ0v) is 27.6. The van der Waals surface area contributed by atoms with Gasteiger partial charge in [0.25, 0.3) is 0 Å². The van der Waals surface area contributed by atoms with E-state index < -0.39 is 14.4 Å². The van der Waals surface area contributed by atoms with Crippen LogP contribution >= 0.6 is 22.6 Å². The Bertz CT molecular complexity index is 1070. The van der Waals surface area contributed by atoms with E-state index in [1.807, 2.05) is 0 Å². The molecular formula is C31H48INO2Si. The van der Waals surface area contributed by atoms with Crippen molar-refractivity contribution in [1.82, 2.24) is 4.98 Å². The lowest BCUT2D eigenvalue weighted by Gasteiger charge is -2.44. The first-order valence-electron chi connectivity index (χ1n) is 13.6. The quantitative estimate of drug-likeness (QED) is 0.248. The number of aromatic nitrogens is 1. The highest BCUT2D eigenvalue weighted by molar-refractivity contribution is 14.1. The number of rotatable bonds is 7. The zero-order chi connectivity index (χ0) is 27.2. The molecule has 1 aliphatic carbocycles. The first kappa shape index (κ1) is 29.8. The number of fused-ring (bicyclic) bond motifs is 1. The fraction of sp³-hybridized carbons (Fsp3) is 0.645. The number of aliphatic hydroxyl groups excluding tert-OH is 1. The molecule has 1 heterocycles. The number of benzene rings is 1. The minimum atomic E-state index is -2.00. The van der Waals surface area contributed by atoms with E-state index in [-0.39, 0.29) is 22.5 Å². The fourth-order valence-corrected chi connectivity index (χ4v) is 7.54. The van der Waals surface area contributed by atoms with Gasteiger partial charge in [0.1, 0.15) is 6.10 Å². The van der Waals surface area contributed by atoms with Crippen LogP contribution in [-0.4, -0.2) is 18.4 Å². The second-order valence-electron chi connectivity index (χ2n) is 13.9. The first-order valence-corrected chi connectivity index (χ1v) is 17.6. The first-order chi connectivity index (χ1) is 16.4. The third-order valence-corrected chi connectivity index (χ3v) is 13.7. The van der Waals surface area contributed by atoms with Crippen LogP contribution in [0.3, 0.4) is 0 Å². The Morgan fingerprint density at radius 2 is 1.69 bits per heavy atom. The summed E-state index contributed by atoms with van der Waals surface area (Å²) < 4.78 is 8.23.